The van der Waals surface area contributed by atoms with E-state index >= 15 is 0 Å². The Morgan fingerprint density at radius 2 is 2.10 bits per heavy atom. The molecule has 1 saturated carbocycles. The summed E-state index contributed by atoms with van der Waals surface area (Å²) in [6.45, 7) is 0.709. The third kappa shape index (κ3) is 4.58. The van der Waals surface area contributed by atoms with Crippen molar-refractivity contribution in [1.29, 1.82) is 0 Å². The van der Waals surface area contributed by atoms with Gasteiger partial charge in [0.25, 0.3) is 0 Å². The molecule has 9 heteroatoms. The van der Waals surface area contributed by atoms with E-state index in [1.54, 1.807) is 0 Å². The van der Waals surface area contributed by atoms with Crippen LogP contribution in [-0.2, 0) is 14.8 Å². The van der Waals surface area contributed by atoms with Gasteiger partial charge in [-0.2, -0.15) is 0 Å². The van der Waals surface area contributed by atoms with Gasteiger partial charge in [-0.15, -0.1) is 0 Å². The Kier molecular flexibility index (Phi) is 4.55. The van der Waals surface area contributed by atoms with Gasteiger partial charge in [0.05, 0.1) is 12.3 Å². The highest BCUT2D eigenvalue weighted by Crippen LogP contribution is 2.44. The summed E-state index contributed by atoms with van der Waals surface area (Å²) in [7, 11) is -3.31. The molecule has 1 unspecified atom stereocenters. The van der Waals surface area contributed by atoms with Gasteiger partial charge < -0.3 is 10.6 Å². The molecule has 0 aromatic heterocycles. The lowest BCUT2D eigenvalue weighted by atomic mass is 9.77. The van der Waals surface area contributed by atoms with Gasteiger partial charge in [0.1, 0.15) is 0 Å². The summed E-state index contributed by atoms with van der Waals surface area (Å²) in [5, 5.41) is 0. The van der Waals surface area contributed by atoms with E-state index in [9.17, 15) is 22.0 Å². The van der Waals surface area contributed by atoms with Crippen LogP contribution in [-0.4, -0.2) is 56.6 Å². The fourth-order valence-corrected chi connectivity index (χ4v) is 3.80. The average Bonchev–Trinajstić information content (AvgIpc) is 2.71. The highest BCUT2D eigenvalue weighted by molar-refractivity contribution is 7.88. The first-order valence-electron chi connectivity index (χ1n) is 6.95. The number of hydrogen-bond donors (Lipinski definition) is 2. The van der Waals surface area contributed by atoms with Gasteiger partial charge in [0, 0.05) is 32.0 Å². The van der Waals surface area contributed by atoms with Crippen molar-refractivity contribution in [3.8, 4) is 0 Å². The van der Waals surface area contributed by atoms with Crippen molar-refractivity contribution in [1.82, 2.24) is 9.62 Å². The third-order valence-corrected chi connectivity index (χ3v) is 4.72. The zero-order chi connectivity index (χ0) is 15.8. The minimum absolute atomic E-state index is 0.202. The molecule has 1 heterocycles. The highest BCUT2D eigenvalue weighted by Gasteiger charge is 2.46. The monoisotopic (exact) mass is 325 g/mol. The van der Waals surface area contributed by atoms with Gasteiger partial charge in [-0.05, 0) is 18.8 Å². The molecule has 2 aliphatic rings. The maximum Gasteiger partial charge on any atom is 0.248 e. The molecule has 0 radical (unpaired) electrons. The number of carbonyl (C=O) groups excluding carboxylic acids is 1. The van der Waals surface area contributed by atoms with E-state index in [0.717, 1.165) is 6.26 Å². The average molecular weight is 325 g/mol. The van der Waals surface area contributed by atoms with Crippen LogP contribution >= 0.6 is 0 Å². The van der Waals surface area contributed by atoms with Crippen molar-refractivity contribution in [2.24, 2.45) is 11.7 Å². The van der Waals surface area contributed by atoms with E-state index in [1.807, 2.05) is 0 Å². The number of alkyl halides is 2. The van der Waals surface area contributed by atoms with Crippen LogP contribution in [0.2, 0.25) is 0 Å². The van der Waals surface area contributed by atoms with Gasteiger partial charge in [0.2, 0.25) is 21.9 Å². The molecule has 0 aromatic rings. The lowest BCUT2D eigenvalue weighted by molar-refractivity contribution is -0.136. The van der Waals surface area contributed by atoms with E-state index in [-0.39, 0.29) is 43.7 Å². The fourth-order valence-electron chi connectivity index (χ4n) is 3.01. The van der Waals surface area contributed by atoms with Gasteiger partial charge in [-0.25, -0.2) is 21.9 Å². The normalized spacial score (nSPS) is 27.4. The van der Waals surface area contributed by atoms with Crippen LogP contribution in [0.25, 0.3) is 0 Å². The zero-order valence-corrected chi connectivity index (χ0v) is 12.7. The Balaban J connectivity index is 1.78. The Labute approximate surface area is 123 Å². The molecule has 2 fully saturated rings. The van der Waals surface area contributed by atoms with Crippen LogP contribution in [0.3, 0.4) is 0 Å². The summed E-state index contributed by atoms with van der Waals surface area (Å²) >= 11 is 0. The van der Waals surface area contributed by atoms with Crippen LogP contribution in [0.1, 0.15) is 25.7 Å². The summed E-state index contributed by atoms with van der Waals surface area (Å²) < 4.78 is 50.2. The van der Waals surface area contributed by atoms with E-state index in [4.69, 9.17) is 5.73 Å². The third-order valence-electron chi connectivity index (χ3n) is 3.96. The molecule has 1 aliphatic heterocycles. The molecule has 122 valence electrons. The van der Waals surface area contributed by atoms with Crippen molar-refractivity contribution in [3.63, 3.8) is 0 Å². The smallest absolute Gasteiger partial charge is 0.248 e. The number of nitrogens with two attached hydrogens (primary N) is 1. The Hall–Kier alpha value is -0.800. The van der Waals surface area contributed by atoms with Gasteiger partial charge in [-0.1, -0.05) is 0 Å². The van der Waals surface area contributed by atoms with Crippen LogP contribution in [0.5, 0.6) is 0 Å². The zero-order valence-electron chi connectivity index (χ0n) is 11.9. The number of nitrogens with one attached hydrogen (secondary N) is 1. The number of amides is 1. The molecule has 0 spiro atoms. The number of nitrogens with zero attached hydrogens (tertiary/aromatic N) is 1. The first-order chi connectivity index (χ1) is 9.56. The van der Waals surface area contributed by atoms with Crippen LogP contribution in [0.15, 0.2) is 0 Å². The quantitative estimate of drug-likeness (QED) is 0.738. The summed E-state index contributed by atoms with van der Waals surface area (Å²) in [6, 6.07) is -1.09. The molecule has 3 N–H and O–H groups in total. The van der Waals surface area contributed by atoms with E-state index < -0.39 is 22.0 Å². The van der Waals surface area contributed by atoms with E-state index in [1.165, 1.54) is 4.90 Å². The van der Waals surface area contributed by atoms with Crippen LogP contribution in [0.4, 0.5) is 8.78 Å². The maximum absolute atomic E-state index is 12.7. The van der Waals surface area contributed by atoms with Crippen LogP contribution < -0.4 is 10.5 Å². The summed E-state index contributed by atoms with van der Waals surface area (Å²) in [4.78, 5) is 13.6. The Bertz CT molecular complexity index is 504. The highest BCUT2D eigenvalue weighted by atomic mass is 32.2. The molecular weight excluding hydrogens is 304 g/mol. The fraction of sp³-hybridized carbons (Fsp3) is 0.917. The molecule has 21 heavy (non-hydrogen) atoms. The van der Waals surface area contributed by atoms with Crippen molar-refractivity contribution in [2.45, 2.75) is 43.7 Å². The Morgan fingerprint density at radius 3 is 2.62 bits per heavy atom. The topological polar surface area (TPSA) is 92.5 Å². The summed E-state index contributed by atoms with van der Waals surface area (Å²) in [5.41, 5.74) is 5.79. The Morgan fingerprint density at radius 1 is 1.48 bits per heavy atom. The molecule has 6 nitrogen and oxygen atoms in total. The number of rotatable bonds is 5. The lowest BCUT2D eigenvalue weighted by Gasteiger charge is -2.36. The second kappa shape index (κ2) is 5.77. The lowest BCUT2D eigenvalue weighted by Crippen LogP contribution is -2.47. The SMILES string of the molecule is CS(=O)(=O)N[C@H]1CCN(C(=O)C(N)CC2CC(F)(F)C2)C1. The van der Waals surface area contributed by atoms with Gasteiger partial charge >= 0.3 is 0 Å². The number of likely N-dealkylation sites (tertiary alicyclic amines) is 1. The predicted octanol–water partition coefficient (Wildman–Crippen LogP) is -0.101. The maximum atomic E-state index is 12.7. The largest absolute Gasteiger partial charge is 0.340 e. The van der Waals surface area contributed by atoms with Gasteiger partial charge in [0.15, 0.2) is 0 Å². The number of halogens is 2. The van der Waals surface area contributed by atoms with Crippen LogP contribution in [0, 0.1) is 5.92 Å². The first-order valence-corrected chi connectivity index (χ1v) is 8.84. The minimum Gasteiger partial charge on any atom is -0.340 e. The number of hydrogen-bond acceptors (Lipinski definition) is 4. The van der Waals surface area contributed by atoms with E-state index in [0.29, 0.717) is 13.0 Å². The summed E-state index contributed by atoms with van der Waals surface area (Å²) in [6.07, 6.45) is 1.46. The molecule has 0 bridgehead atoms. The molecule has 2 rings (SSSR count). The second-order valence-corrected chi connectivity index (χ2v) is 7.91. The first kappa shape index (κ1) is 16.6. The number of sulfonamides is 1. The second-order valence-electron chi connectivity index (χ2n) is 6.13. The molecule has 0 aromatic carbocycles. The molecule has 2 atom stereocenters. The molecule has 1 aliphatic carbocycles. The van der Waals surface area contributed by atoms with Crippen molar-refractivity contribution >= 4 is 15.9 Å². The number of carbonyl (C=O) groups is 1. The standard InChI is InChI=1S/C12H21F2N3O3S/c1-21(19,20)16-9-2-3-17(7-9)11(18)10(15)4-8-5-12(13,14)6-8/h8-10,16H,2-7,15H2,1H3/t9-,10?/m0/s1. The van der Waals surface area contributed by atoms with Gasteiger partial charge in [-0.3, -0.25) is 4.79 Å². The predicted molar refractivity (Wildman–Crippen MR) is 73.2 cm³/mol. The summed E-state index contributed by atoms with van der Waals surface area (Å²) in [5.74, 6) is -3.10. The molecule has 1 amide bonds. The van der Waals surface area contributed by atoms with E-state index in [2.05, 4.69) is 4.72 Å². The van der Waals surface area contributed by atoms with Crippen molar-refractivity contribution in [3.05, 3.63) is 0 Å². The minimum atomic E-state index is -3.31. The van der Waals surface area contributed by atoms with Crippen molar-refractivity contribution in [2.75, 3.05) is 19.3 Å². The molecule has 1 saturated heterocycles. The molecular formula is C12H21F2N3O3S. The van der Waals surface area contributed by atoms with Crippen molar-refractivity contribution < 1.29 is 22.0 Å².